The van der Waals surface area contributed by atoms with Gasteiger partial charge in [-0.05, 0) is 18.8 Å². The van der Waals surface area contributed by atoms with Gasteiger partial charge in [0, 0.05) is 12.6 Å². The minimum absolute atomic E-state index is 0.0895. The van der Waals surface area contributed by atoms with Crippen LogP contribution < -0.4 is 5.23 Å². The molecule has 0 aromatic carbocycles. The van der Waals surface area contributed by atoms with E-state index >= 15 is 0 Å². The van der Waals surface area contributed by atoms with Crippen LogP contribution in [0.5, 0.6) is 0 Å². The summed E-state index contributed by atoms with van der Waals surface area (Å²) in [6.07, 6.45) is 2.64. The summed E-state index contributed by atoms with van der Waals surface area (Å²) in [5.41, 5.74) is 0. The molecular weight excluding hydrogens is 179 g/mol. The molecule has 1 fully saturated rings. The fourth-order valence-electron chi connectivity index (χ4n) is 1.95. The number of hydrogen-bond donors (Lipinski definition) is 1. The summed E-state index contributed by atoms with van der Waals surface area (Å²) in [4.78, 5) is 23.4. The monoisotopic (exact) mass is 195 g/mol. The van der Waals surface area contributed by atoms with Gasteiger partial charge in [0.15, 0.2) is 12.2 Å². The first-order valence-electron chi connectivity index (χ1n) is 5.00. The Labute approximate surface area is 85.3 Å². The highest BCUT2D eigenvalue weighted by atomic mass is 16.2. The van der Waals surface area contributed by atoms with Crippen molar-refractivity contribution in [3.05, 3.63) is 0 Å². The fraction of sp³-hybridized carbons (Fsp3) is 0.778. The maximum absolute atomic E-state index is 11.6. The largest absolute Gasteiger partial charge is 0.397 e. The molecule has 1 rings (SSSR count). The van der Waals surface area contributed by atoms with Gasteiger partial charge < -0.3 is 10.1 Å². The Morgan fingerprint density at radius 2 is 2.36 bits per heavy atom. The lowest BCUT2D eigenvalue weighted by Crippen LogP contribution is -2.43. The molecule has 0 aromatic heterocycles. The molecule has 1 aliphatic rings. The Morgan fingerprint density at radius 1 is 1.64 bits per heavy atom. The molecule has 1 heterocycles. The molecule has 5 heteroatoms. The number of nitrogens with one attached hydrogen (secondary N) is 1. The summed E-state index contributed by atoms with van der Waals surface area (Å²) in [6.45, 7) is 5.03. The molecule has 0 saturated carbocycles. The molecule has 4 nitrogen and oxygen atoms in total. The number of carbonyl (C=O) groups excluding carboxylic acids is 2. The average molecular weight is 195 g/mol. The minimum atomic E-state index is -0.0895. The predicted molar refractivity (Wildman–Crippen MR) is 54.9 cm³/mol. The second-order valence-corrected chi connectivity index (χ2v) is 3.91. The second-order valence-electron chi connectivity index (χ2n) is 3.91. The zero-order chi connectivity index (χ0) is 10.6. The van der Waals surface area contributed by atoms with E-state index in [9.17, 15) is 9.59 Å². The number of carbonyl (C=O) groups is 2. The molecule has 1 unspecified atom stereocenters. The van der Waals surface area contributed by atoms with Gasteiger partial charge in [0.05, 0.1) is 0 Å². The quantitative estimate of drug-likeness (QED) is 0.527. The van der Waals surface area contributed by atoms with Crippen molar-refractivity contribution < 1.29 is 9.59 Å². The lowest BCUT2D eigenvalue weighted by Gasteiger charge is -2.27. The van der Waals surface area contributed by atoms with E-state index in [1.807, 2.05) is 4.90 Å². The van der Waals surface area contributed by atoms with Crippen molar-refractivity contribution >= 4 is 19.6 Å². The second kappa shape index (κ2) is 5.03. The van der Waals surface area contributed by atoms with E-state index in [0.717, 1.165) is 19.4 Å². The highest BCUT2D eigenvalue weighted by Crippen LogP contribution is 2.23. The molecule has 1 N–H and O–H groups in total. The van der Waals surface area contributed by atoms with Gasteiger partial charge in [-0.25, -0.2) is 0 Å². The maximum atomic E-state index is 11.6. The molecule has 1 aliphatic heterocycles. The third-order valence-corrected chi connectivity index (χ3v) is 2.63. The standard InChI is InChI=1S/C9H16BN2O2/c1-7(2)8-4-3-5-12(8)9(14)10-11-6-13/h6-8H,3-5H2,1-2H3,(H,11,13). The topological polar surface area (TPSA) is 49.4 Å². The van der Waals surface area contributed by atoms with Crippen molar-refractivity contribution in [2.45, 2.75) is 32.7 Å². The Morgan fingerprint density at radius 3 is 2.93 bits per heavy atom. The molecule has 2 amide bonds. The van der Waals surface area contributed by atoms with Crippen LogP contribution in [0.15, 0.2) is 0 Å². The summed E-state index contributed by atoms with van der Waals surface area (Å²) in [5, 5.41) is 2.29. The predicted octanol–water partition coefficient (Wildman–Crippen LogP) is 0.592. The van der Waals surface area contributed by atoms with E-state index in [1.165, 1.54) is 7.41 Å². The summed E-state index contributed by atoms with van der Waals surface area (Å²) in [7, 11) is 1.23. The van der Waals surface area contributed by atoms with E-state index in [0.29, 0.717) is 18.4 Å². The molecule has 0 aliphatic carbocycles. The van der Waals surface area contributed by atoms with Gasteiger partial charge >= 0.3 is 7.41 Å². The van der Waals surface area contributed by atoms with Gasteiger partial charge in [0.1, 0.15) is 0 Å². The smallest absolute Gasteiger partial charge is 0.364 e. The highest BCUT2D eigenvalue weighted by molar-refractivity contribution is 6.72. The molecule has 1 radical (unpaired) electrons. The summed E-state index contributed by atoms with van der Waals surface area (Å²) < 4.78 is 0. The third-order valence-electron chi connectivity index (χ3n) is 2.63. The third kappa shape index (κ3) is 2.50. The van der Waals surface area contributed by atoms with E-state index in [2.05, 4.69) is 19.1 Å². The van der Waals surface area contributed by atoms with Gasteiger partial charge in [-0.3, -0.25) is 9.59 Å². The van der Waals surface area contributed by atoms with Crippen LogP contribution in [0, 0.1) is 5.92 Å². The maximum Gasteiger partial charge on any atom is 0.364 e. The van der Waals surface area contributed by atoms with Crippen molar-refractivity contribution in [1.29, 1.82) is 0 Å². The Balaban J connectivity index is 2.49. The summed E-state index contributed by atoms with van der Waals surface area (Å²) >= 11 is 0. The lowest BCUT2D eigenvalue weighted by molar-refractivity contribution is -0.108. The molecule has 1 saturated heterocycles. The molecule has 14 heavy (non-hydrogen) atoms. The van der Waals surface area contributed by atoms with Crippen molar-refractivity contribution in [1.82, 2.24) is 10.1 Å². The molecular formula is C9H16BN2O2. The van der Waals surface area contributed by atoms with Gasteiger partial charge in [0.2, 0.25) is 0 Å². The van der Waals surface area contributed by atoms with Crippen molar-refractivity contribution in [3.8, 4) is 0 Å². The Kier molecular flexibility index (Phi) is 3.98. The molecule has 0 spiro atoms. The Bertz CT molecular complexity index is 221. The van der Waals surface area contributed by atoms with Gasteiger partial charge in [-0.1, -0.05) is 13.8 Å². The van der Waals surface area contributed by atoms with Gasteiger partial charge in [0.25, 0.3) is 0 Å². The Hall–Kier alpha value is -0.995. The lowest BCUT2D eigenvalue weighted by atomic mass is 9.91. The summed E-state index contributed by atoms with van der Waals surface area (Å²) in [6, 6.07) is 0.326. The average Bonchev–Trinajstić information content (AvgIpc) is 2.62. The first-order valence-corrected chi connectivity index (χ1v) is 5.00. The van der Waals surface area contributed by atoms with E-state index < -0.39 is 0 Å². The number of likely N-dealkylation sites (tertiary alicyclic amines) is 1. The zero-order valence-corrected chi connectivity index (χ0v) is 8.69. The van der Waals surface area contributed by atoms with E-state index in [4.69, 9.17) is 0 Å². The first kappa shape index (κ1) is 11.1. The minimum Gasteiger partial charge on any atom is -0.397 e. The van der Waals surface area contributed by atoms with Gasteiger partial charge in [-0.2, -0.15) is 0 Å². The van der Waals surface area contributed by atoms with Gasteiger partial charge in [-0.15, -0.1) is 0 Å². The van der Waals surface area contributed by atoms with Crippen LogP contribution in [0.4, 0.5) is 4.79 Å². The van der Waals surface area contributed by atoms with E-state index in [1.54, 1.807) is 0 Å². The fourth-order valence-corrected chi connectivity index (χ4v) is 1.95. The van der Waals surface area contributed by atoms with E-state index in [-0.39, 0.29) is 5.81 Å². The van der Waals surface area contributed by atoms with Crippen molar-refractivity contribution in [2.75, 3.05) is 6.54 Å². The van der Waals surface area contributed by atoms with Crippen LogP contribution >= 0.6 is 0 Å². The van der Waals surface area contributed by atoms with Crippen molar-refractivity contribution in [2.24, 2.45) is 5.92 Å². The number of rotatable bonds is 4. The van der Waals surface area contributed by atoms with Crippen LogP contribution in [0.3, 0.4) is 0 Å². The highest BCUT2D eigenvalue weighted by Gasteiger charge is 2.30. The molecule has 0 aromatic rings. The van der Waals surface area contributed by atoms with Crippen LogP contribution in [0.2, 0.25) is 0 Å². The summed E-state index contributed by atoms with van der Waals surface area (Å²) in [5.74, 6) is 0.388. The van der Waals surface area contributed by atoms with Crippen LogP contribution in [0.1, 0.15) is 26.7 Å². The van der Waals surface area contributed by atoms with Crippen LogP contribution in [-0.2, 0) is 4.79 Å². The normalized spacial score (nSPS) is 21.1. The van der Waals surface area contributed by atoms with Crippen molar-refractivity contribution in [3.63, 3.8) is 0 Å². The SMILES string of the molecule is CC(C)C1CCCN1C(=O)[B]NC=O. The molecule has 1 atom stereocenters. The first-order chi connectivity index (χ1) is 6.66. The van der Waals surface area contributed by atoms with Crippen LogP contribution in [0.25, 0.3) is 0 Å². The number of nitrogens with zero attached hydrogens (tertiary/aromatic N) is 1. The molecule has 0 bridgehead atoms. The van der Waals surface area contributed by atoms with Crippen LogP contribution in [-0.4, -0.2) is 37.1 Å². The zero-order valence-electron chi connectivity index (χ0n) is 8.69. The molecule has 77 valence electrons. The number of amides is 2. The number of hydrogen-bond acceptors (Lipinski definition) is 2.